The second-order valence-electron chi connectivity index (χ2n) is 5.40. The molecule has 2 heteroatoms. The predicted octanol–water partition coefficient (Wildman–Crippen LogP) is 6.29. The van der Waals surface area contributed by atoms with Crippen molar-refractivity contribution < 1.29 is 0 Å². The van der Waals surface area contributed by atoms with E-state index in [4.69, 9.17) is 0 Å². The van der Waals surface area contributed by atoms with E-state index in [9.17, 15) is 0 Å². The molecule has 0 spiro atoms. The smallest absolute Gasteiger partial charge is 0.0608 e. The van der Waals surface area contributed by atoms with Crippen LogP contribution in [0.25, 0.3) is 11.1 Å². The molecule has 0 saturated carbocycles. The molecule has 0 bridgehead atoms. The fourth-order valence-electron chi connectivity index (χ4n) is 2.00. The second-order valence-corrected chi connectivity index (χ2v) is 5.40. The summed E-state index contributed by atoms with van der Waals surface area (Å²) in [4.78, 5) is 0. The highest BCUT2D eigenvalue weighted by Crippen LogP contribution is 2.18. The molecule has 0 atom stereocenters. The topological polar surface area (TPSA) is 24.7 Å². The van der Waals surface area contributed by atoms with Crippen molar-refractivity contribution in [3.8, 4) is 11.1 Å². The number of hydrogen-bond donors (Lipinski definition) is 0. The van der Waals surface area contributed by atoms with Crippen LogP contribution in [0, 0.1) is 12.8 Å². The highest BCUT2D eigenvalue weighted by Gasteiger charge is 1.97. The Labute approximate surface area is 134 Å². The van der Waals surface area contributed by atoms with Crippen molar-refractivity contribution in [3.63, 3.8) is 0 Å². The zero-order valence-corrected chi connectivity index (χ0v) is 14.2. The maximum absolute atomic E-state index is 3.93. The maximum Gasteiger partial charge on any atom is 0.0608 e. The number of rotatable bonds is 3. The van der Waals surface area contributed by atoms with Crippen LogP contribution < -0.4 is 0 Å². The lowest BCUT2D eigenvalue weighted by atomic mass is 10.0. The van der Waals surface area contributed by atoms with Gasteiger partial charge in [-0.05, 0) is 30.9 Å². The molecule has 0 aliphatic rings. The Morgan fingerprint density at radius 2 is 1.45 bits per heavy atom. The third kappa shape index (κ3) is 6.04. The molecule has 22 heavy (non-hydrogen) atoms. The minimum Gasteiger partial charge on any atom is -0.192 e. The molecule has 0 aromatic heterocycles. The molecule has 0 fully saturated rings. The lowest BCUT2D eigenvalue weighted by Gasteiger charge is -2.00. The maximum atomic E-state index is 3.93. The van der Waals surface area contributed by atoms with E-state index in [1.165, 1.54) is 16.7 Å². The normalized spacial score (nSPS) is 11.5. The first kappa shape index (κ1) is 17.8. The van der Waals surface area contributed by atoms with Crippen LogP contribution in [0.3, 0.4) is 0 Å². The first-order chi connectivity index (χ1) is 10.6. The van der Waals surface area contributed by atoms with Crippen molar-refractivity contribution >= 4 is 0 Å². The van der Waals surface area contributed by atoms with Gasteiger partial charge in [0.1, 0.15) is 0 Å². The molecule has 2 aromatic rings. The Hall–Kier alpha value is -2.22. The van der Waals surface area contributed by atoms with E-state index in [1.807, 2.05) is 19.1 Å². The first-order valence-corrected chi connectivity index (χ1v) is 7.66. The van der Waals surface area contributed by atoms with Gasteiger partial charge in [-0.15, -0.1) is 0 Å². The van der Waals surface area contributed by atoms with Gasteiger partial charge < -0.3 is 0 Å². The lowest BCUT2D eigenvalue weighted by molar-refractivity contribution is 0.736. The lowest BCUT2D eigenvalue weighted by Crippen LogP contribution is -1.88. The summed E-state index contributed by atoms with van der Waals surface area (Å²) in [6, 6.07) is 19.0. The third-order valence-corrected chi connectivity index (χ3v) is 3.26. The molecule has 2 nitrogen and oxygen atoms in total. The van der Waals surface area contributed by atoms with E-state index >= 15 is 0 Å². The molecule has 0 heterocycles. The van der Waals surface area contributed by atoms with Gasteiger partial charge in [-0.2, -0.15) is 10.2 Å². The number of nitrogens with zero attached hydrogens (tertiary/aromatic N) is 2. The summed E-state index contributed by atoms with van der Waals surface area (Å²) >= 11 is 0. The number of benzene rings is 2. The largest absolute Gasteiger partial charge is 0.192 e. The Bertz CT molecular complexity index is 593. The fourth-order valence-corrected chi connectivity index (χ4v) is 2.00. The summed E-state index contributed by atoms with van der Waals surface area (Å²) in [6.45, 7) is 8.28. The number of allylic oxidation sites excluding steroid dienone is 2. The molecule has 0 aliphatic carbocycles. The molecular formula is C20H26N2. The Morgan fingerprint density at radius 1 is 0.909 bits per heavy atom. The van der Waals surface area contributed by atoms with Gasteiger partial charge >= 0.3 is 0 Å². The van der Waals surface area contributed by atoms with Crippen LogP contribution in [-0.4, -0.2) is 7.05 Å². The van der Waals surface area contributed by atoms with Gasteiger partial charge in [-0.25, -0.2) is 0 Å². The van der Waals surface area contributed by atoms with E-state index in [0.29, 0.717) is 5.92 Å². The van der Waals surface area contributed by atoms with Crippen LogP contribution in [0.5, 0.6) is 0 Å². The molecule has 116 valence electrons. The summed E-state index contributed by atoms with van der Waals surface area (Å²) in [6.07, 6.45) is 1.98. The molecule has 2 aromatic carbocycles. The Balaban J connectivity index is 0.000000239. The van der Waals surface area contributed by atoms with Crippen LogP contribution in [0.1, 0.15) is 26.3 Å². The first-order valence-electron chi connectivity index (χ1n) is 7.66. The zero-order chi connectivity index (χ0) is 16.4. The van der Waals surface area contributed by atoms with Gasteiger partial charge in [0.25, 0.3) is 0 Å². The number of hydrogen-bond acceptors (Lipinski definition) is 2. The predicted molar refractivity (Wildman–Crippen MR) is 96.0 cm³/mol. The van der Waals surface area contributed by atoms with Crippen molar-refractivity contribution in [1.29, 1.82) is 0 Å². The van der Waals surface area contributed by atoms with E-state index in [0.717, 1.165) is 5.70 Å². The Morgan fingerprint density at radius 3 is 1.86 bits per heavy atom. The van der Waals surface area contributed by atoms with Crippen LogP contribution in [0.2, 0.25) is 0 Å². The van der Waals surface area contributed by atoms with Crippen molar-refractivity contribution in [2.24, 2.45) is 16.1 Å². The minimum absolute atomic E-state index is 0.485. The SMILES string of the molecule is C/C=C(\N=NC)C(C)C.Cc1ccc(-c2ccccc2)cc1. The van der Waals surface area contributed by atoms with Crippen LogP contribution in [0.4, 0.5) is 0 Å². The van der Waals surface area contributed by atoms with Crippen molar-refractivity contribution in [1.82, 2.24) is 0 Å². The Kier molecular flexibility index (Phi) is 7.84. The van der Waals surface area contributed by atoms with E-state index in [-0.39, 0.29) is 0 Å². The zero-order valence-electron chi connectivity index (χ0n) is 14.2. The van der Waals surface area contributed by atoms with Crippen molar-refractivity contribution in [2.75, 3.05) is 7.05 Å². The monoisotopic (exact) mass is 294 g/mol. The highest BCUT2D eigenvalue weighted by molar-refractivity contribution is 5.63. The molecule has 2 rings (SSSR count). The average molecular weight is 294 g/mol. The standard InChI is InChI=1S/C13H12.C7H14N2/c1-11-7-9-13(10-8-11)12-5-3-2-4-6-12;1-5-7(6(2)3)9-8-4/h2-10H,1H3;5-6H,1-4H3/b;7-5-,9-8?. The summed E-state index contributed by atoms with van der Waals surface area (Å²) in [5.74, 6) is 0.485. The van der Waals surface area contributed by atoms with Gasteiger partial charge in [0, 0.05) is 7.05 Å². The van der Waals surface area contributed by atoms with Crippen LogP contribution >= 0.6 is 0 Å². The molecule has 0 N–H and O–H groups in total. The van der Waals surface area contributed by atoms with Gasteiger partial charge in [-0.1, -0.05) is 80.1 Å². The number of aryl methyl sites for hydroxylation is 1. The van der Waals surface area contributed by atoms with Crippen LogP contribution in [-0.2, 0) is 0 Å². The quantitative estimate of drug-likeness (QED) is 0.594. The summed E-state index contributed by atoms with van der Waals surface area (Å²) in [7, 11) is 1.69. The second kappa shape index (κ2) is 9.67. The molecule has 0 saturated heterocycles. The van der Waals surface area contributed by atoms with Crippen LogP contribution in [0.15, 0.2) is 76.6 Å². The van der Waals surface area contributed by atoms with Crippen molar-refractivity contribution in [2.45, 2.75) is 27.7 Å². The van der Waals surface area contributed by atoms with Gasteiger partial charge in [-0.3, -0.25) is 0 Å². The molecule has 0 amide bonds. The number of azo groups is 1. The average Bonchev–Trinajstić information content (AvgIpc) is 2.54. The van der Waals surface area contributed by atoms with Gasteiger partial charge in [0.05, 0.1) is 5.70 Å². The molecule has 0 aliphatic heterocycles. The summed E-state index contributed by atoms with van der Waals surface area (Å²) in [5.41, 5.74) is 4.92. The highest BCUT2D eigenvalue weighted by atomic mass is 15.1. The van der Waals surface area contributed by atoms with E-state index in [1.54, 1.807) is 7.05 Å². The van der Waals surface area contributed by atoms with Crippen molar-refractivity contribution in [3.05, 3.63) is 71.9 Å². The third-order valence-electron chi connectivity index (χ3n) is 3.26. The minimum atomic E-state index is 0.485. The molecule has 0 unspecified atom stereocenters. The molecular weight excluding hydrogens is 268 g/mol. The summed E-state index contributed by atoms with van der Waals surface area (Å²) < 4.78 is 0. The molecule has 0 radical (unpaired) electrons. The van der Waals surface area contributed by atoms with Gasteiger partial charge in [0.2, 0.25) is 0 Å². The van der Waals surface area contributed by atoms with E-state index in [2.05, 4.69) is 79.5 Å². The fraction of sp³-hybridized carbons (Fsp3) is 0.300. The van der Waals surface area contributed by atoms with E-state index < -0.39 is 0 Å². The summed E-state index contributed by atoms with van der Waals surface area (Å²) in [5, 5.41) is 7.61. The van der Waals surface area contributed by atoms with Gasteiger partial charge in [0.15, 0.2) is 0 Å².